The molecule has 0 fully saturated rings. The van der Waals surface area contributed by atoms with Gasteiger partial charge in [-0.1, -0.05) is 31.2 Å². The summed E-state index contributed by atoms with van der Waals surface area (Å²) in [6.45, 7) is 7.03. The average molecular weight is 262 g/mol. The Morgan fingerprint density at radius 1 is 1.44 bits per heavy atom. The van der Waals surface area contributed by atoms with Crippen LogP contribution >= 0.6 is 11.8 Å². The molecule has 2 atom stereocenters. The van der Waals surface area contributed by atoms with E-state index in [9.17, 15) is 9.59 Å². The fraction of sp³-hybridized carbons (Fsp3) is 0.333. The molecule has 0 N–H and O–H groups in total. The van der Waals surface area contributed by atoms with E-state index in [0.717, 1.165) is 11.2 Å². The standard InChI is InChI=1S/C15H18O2S/c1-4-10-15(13(3)17,12(2)11-16)18-14-8-6-5-7-9-14/h4-9,11-12H,1,10H2,2-3H3. The molecule has 0 saturated carbocycles. The Labute approximate surface area is 112 Å². The number of hydrogen-bond donors (Lipinski definition) is 0. The Kier molecular flexibility index (Phi) is 5.35. The normalized spacial score (nSPS) is 15.4. The lowest BCUT2D eigenvalue weighted by Gasteiger charge is -2.32. The van der Waals surface area contributed by atoms with Gasteiger partial charge in [-0.15, -0.1) is 18.3 Å². The average Bonchev–Trinajstić information content (AvgIpc) is 2.38. The second kappa shape index (κ2) is 6.55. The molecule has 1 rings (SSSR count). The third-order valence-corrected chi connectivity index (χ3v) is 4.72. The van der Waals surface area contributed by atoms with Crippen molar-refractivity contribution in [2.75, 3.05) is 0 Å². The van der Waals surface area contributed by atoms with Crippen LogP contribution in [0.5, 0.6) is 0 Å². The molecular weight excluding hydrogens is 244 g/mol. The van der Waals surface area contributed by atoms with Gasteiger partial charge in [0, 0.05) is 10.8 Å². The van der Waals surface area contributed by atoms with Crippen molar-refractivity contribution >= 4 is 23.8 Å². The van der Waals surface area contributed by atoms with Gasteiger partial charge in [-0.05, 0) is 25.5 Å². The van der Waals surface area contributed by atoms with Crippen LogP contribution in [0.3, 0.4) is 0 Å². The fourth-order valence-corrected chi connectivity index (χ4v) is 3.18. The quantitative estimate of drug-likeness (QED) is 0.428. The molecule has 0 saturated heterocycles. The Balaban J connectivity index is 3.13. The first-order chi connectivity index (χ1) is 8.56. The van der Waals surface area contributed by atoms with E-state index in [2.05, 4.69) is 6.58 Å². The highest BCUT2D eigenvalue weighted by atomic mass is 32.2. The van der Waals surface area contributed by atoms with Gasteiger partial charge in [0.1, 0.15) is 12.1 Å². The number of thioether (sulfide) groups is 1. The number of hydrogen-bond acceptors (Lipinski definition) is 3. The zero-order valence-corrected chi connectivity index (χ0v) is 11.6. The minimum absolute atomic E-state index is 0.0100. The van der Waals surface area contributed by atoms with E-state index in [1.807, 2.05) is 30.3 Å². The number of allylic oxidation sites excluding steroid dienone is 1. The van der Waals surface area contributed by atoms with E-state index in [1.165, 1.54) is 11.8 Å². The van der Waals surface area contributed by atoms with Crippen LogP contribution in [0, 0.1) is 5.92 Å². The first-order valence-corrected chi connectivity index (χ1v) is 6.69. The minimum atomic E-state index is -0.745. The molecule has 0 heterocycles. The zero-order chi connectivity index (χ0) is 13.6. The Morgan fingerprint density at radius 3 is 2.50 bits per heavy atom. The van der Waals surface area contributed by atoms with Crippen molar-refractivity contribution in [3.8, 4) is 0 Å². The molecule has 0 aromatic heterocycles. The van der Waals surface area contributed by atoms with Crippen molar-refractivity contribution in [2.45, 2.75) is 29.9 Å². The van der Waals surface area contributed by atoms with Crippen LogP contribution in [0.25, 0.3) is 0 Å². The first kappa shape index (κ1) is 14.7. The lowest BCUT2D eigenvalue weighted by molar-refractivity contribution is -0.123. The lowest BCUT2D eigenvalue weighted by Crippen LogP contribution is -2.40. The van der Waals surface area contributed by atoms with Crippen LogP contribution in [0.4, 0.5) is 0 Å². The molecule has 96 valence electrons. The van der Waals surface area contributed by atoms with Crippen molar-refractivity contribution in [3.05, 3.63) is 43.0 Å². The summed E-state index contributed by atoms with van der Waals surface area (Å²) in [6.07, 6.45) is 3.04. The second-order valence-corrected chi connectivity index (χ2v) is 5.68. The van der Waals surface area contributed by atoms with Gasteiger partial charge in [-0.2, -0.15) is 0 Å². The molecule has 0 radical (unpaired) electrons. The Morgan fingerprint density at radius 2 is 2.06 bits per heavy atom. The smallest absolute Gasteiger partial charge is 0.147 e. The van der Waals surface area contributed by atoms with Crippen LogP contribution in [-0.4, -0.2) is 16.8 Å². The highest BCUT2D eigenvalue weighted by Gasteiger charge is 2.40. The van der Waals surface area contributed by atoms with Gasteiger partial charge in [0.05, 0.1) is 4.75 Å². The predicted molar refractivity (Wildman–Crippen MR) is 75.8 cm³/mol. The maximum absolute atomic E-state index is 12.0. The molecule has 2 unspecified atom stereocenters. The topological polar surface area (TPSA) is 34.1 Å². The molecule has 0 spiro atoms. The van der Waals surface area contributed by atoms with E-state index in [4.69, 9.17) is 0 Å². The lowest BCUT2D eigenvalue weighted by atomic mass is 9.87. The first-order valence-electron chi connectivity index (χ1n) is 5.88. The molecule has 0 bridgehead atoms. The minimum Gasteiger partial charge on any atom is -0.303 e. The third kappa shape index (κ3) is 3.10. The van der Waals surface area contributed by atoms with Crippen molar-refractivity contribution < 1.29 is 9.59 Å². The van der Waals surface area contributed by atoms with Crippen LogP contribution < -0.4 is 0 Å². The molecule has 1 aromatic carbocycles. The Hall–Kier alpha value is -1.35. The zero-order valence-electron chi connectivity index (χ0n) is 10.8. The maximum atomic E-state index is 12.0. The van der Waals surface area contributed by atoms with Gasteiger partial charge in [-0.25, -0.2) is 0 Å². The molecule has 0 aliphatic carbocycles. The van der Waals surface area contributed by atoms with Crippen LogP contribution in [0.15, 0.2) is 47.9 Å². The van der Waals surface area contributed by atoms with Crippen LogP contribution in [0.2, 0.25) is 0 Å². The highest BCUT2D eigenvalue weighted by Crippen LogP contribution is 2.41. The summed E-state index contributed by atoms with van der Waals surface area (Å²) in [5, 5.41) is 0. The molecule has 3 heteroatoms. The summed E-state index contributed by atoms with van der Waals surface area (Å²) in [5.41, 5.74) is 0. The molecule has 18 heavy (non-hydrogen) atoms. The number of carbonyl (C=O) groups excluding carboxylic acids is 2. The summed E-state index contributed by atoms with van der Waals surface area (Å²) in [7, 11) is 0. The van der Waals surface area contributed by atoms with Crippen molar-refractivity contribution in [1.82, 2.24) is 0 Å². The maximum Gasteiger partial charge on any atom is 0.147 e. The molecule has 0 aliphatic heterocycles. The number of carbonyl (C=O) groups is 2. The highest BCUT2D eigenvalue weighted by molar-refractivity contribution is 8.01. The number of rotatable bonds is 7. The summed E-state index contributed by atoms with van der Waals surface area (Å²) >= 11 is 1.45. The van der Waals surface area contributed by atoms with E-state index in [0.29, 0.717) is 6.42 Å². The SMILES string of the molecule is C=CCC(Sc1ccccc1)(C(C)=O)C(C)C=O. The van der Waals surface area contributed by atoms with Gasteiger partial charge in [-0.3, -0.25) is 4.79 Å². The van der Waals surface area contributed by atoms with E-state index in [1.54, 1.807) is 19.9 Å². The summed E-state index contributed by atoms with van der Waals surface area (Å²) in [4.78, 5) is 24.1. The van der Waals surface area contributed by atoms with Crippen LogP contribution in [-0.2, 0) is 9.59 Å². The van der Waals surface area contributed by atoms with Crippen molar-refractivity contribution in [3.63, 3.8) is 0 Å². The van der Waals surface area contributed by atoms with Gasteiger partial charge < -0.3 is 4.79 Å². The monoisotopic (exact) mass is 262 g/mol. The number of aldehydes is 1. The third-order valence-electron chi connectivity index (χ3n) is 3.03. The van der Waals surface area contributed by atoms with Gasteiger partial charge in [0.2, 0.25) is 0 Å². The molecule has 2 nitrogen and oxygen atoms in total. The van der Waals surface area contributed by atoms with Gasteiger partial charge >= 0.3 is 0 Å². The Bertz CT molecular complexity index is 427. The van der Waals surface area contributed by atoms with Crippen molar-refractivity contribution in [2.24, 2.45) is 5.92 Å². The van der Waals surface area contributed by atoms with E-state index >= 15 is 0 Å². The molecular formula is C15H18O2S. The molecule has 1 aromatic rings. The van der Waals surface area contributed by atoms with E-state index < -0.39 is 4.75 Å². The predicted octanol–water partition coefficient (Wildman–Crippen LogP) is 3.52. The van der Waals surface area contributed by atoms with E-state index in [-0.39, 0.29) is 11.7 Å². The summed E-state index contributed by atoms with van der Waals surface area (Å²) in [5.74, 6) is -0.339. The molecule has 0 aliphatic rings. The number of benzene rings is 1. The van der Waals surface area contributed by atoms with Crippen LogP contribution in [0.1, 0.15) is 20.3 Å². The van der Waals surface area contributed by atoms with Crippen molar-refractivity contribution in [1.29, 1.82) is 0 Å². The largest absolute Gasteiger partial charge is 0.303 e. The fourth-order valence-electron chi connectivity index (χ4n) is 1.88. The second-order valence-electron chi connectivity index (χ2n) is 4.28. The number of Topliss-reactive ketones (excluding diaryl/α,β-unsaturated/α-hetero) is 1. The number of ketones is 1. The summed E-state index contributed by atoms with van der Waals surface area (Å²) in [6, 6.07) is 9.67. The van der Waals surface area contributed by atoms with Gasteiger partial charge in [0.15, 0.2) is 0 Å². The molecule has 0 amide bonds. The summed E-state index contributed by atoms with van der Waals surface area (Å²) < 4.78 is -0.745. The van der Waals surface area contributed by atoms with Gasteiger partial charge in [0.25, 0.3) is 0 Å².